The van der Waals surface area contributed by atoms with Gasteiger partial charge in [-0.3, -0.25) is 4.79 Å². The summed E-state index contributed by atoms with van der Waals surface area (Å²) >= 11 is 0. The highest BCUT2D eigenvalue weighted by Gasteiger charge is 2.33. The van der Waals surface area contributed by atoms with E-state index < -0.39 is 6.10 Å². The standard InChI is InChI=1S/C19H22O2/c1-13(19(21)17-10-4-5-12-18(17)20)15-11-6-8-14-7-2-3-9-16(14)15/h2-3,6-9,11,13,17,19,21H,4-5,10,12H2,1H3. The average molecular weight is 282 g/mol. The number of hydrogen-bond donors (Lipinski definition) is 1. The zero-order valence-electron chi connectivity index (χ0n) is 12.5. The van der Waals surface area contributed by atoms with Crippen LogP contribution in [0.3, 0.4) is 0 Å². The van der Waals surface area contributed by atoms with E-state index >= 15 is 0 Å². The van der Waals surface area contributed by atoms with E-state index in [0.717, 1.165) is 24.8 Å². The fourth-order valence-corrected chi connectivity index (χ4v) is 3.55. The molecule has 21 heavy (non-hydrogen) atoms. The summed E-state index contributed by atoms with van der Waals surface area (Å²) < 4.78 is 0. The molecule has 2 aromatic rings. The van der Waals surface area contributed by atoms with Crippen LogP contribution in [0.4, 0.5) is 0 Å². The van der Waals surface area contributed by atoms with Gasteiger partial charge in [-0.25, -0.2) is 0 Å². The molecule has 0 heterocycles. The largest absolute Gasteiger partial charge is 0.392 e. The van der Waals surface area contributed by atoms with E-state index in [1.54, 1.807) is 0 Å². The van der Waals surface area contributed by atoms with Gasteiger partial charge in [-0.2, -0.15) is 0 Å². The first kappa shape index (κ1) is 14.3. The van der Waals surface area contributed by atoms with Gasteiger partial charge in [0.1, 0.15) is 5.78 Å². The summed E-state index contributed by atoms with van der Waals surface area (Å²) in [6.07, 6.45) is 2.91. The Balaban J connectivity index is 1.92. The SMILES string of the molecule is CC(c1cccc2ccccc12)C(O)C1CCCCC1=O. The fourth-order valence-electron chi connectivity index (χ4n) is 3.55. The van der Waals surface area contributed by atoms with Gasteiger partial charge < -0.3 is 5.11 Å². The Morgan fingerprint density at radius 2 is 1.86 bits per heavy atom. The van der Waals surface area contributed by atoms with Crippen molar-refractivity contribution < 1.29 is 9.90 Å². The third-order valence-electron chi connectivity index (χ3n) is 4.84. The molecule has 2 aromatic carbocycles. The number of aliphatic hydroxyl groups excluding tert-OH is 1. The van der Waals surface area contributed by atoms with E-state index in [0.29, 0.717) is 6.42 Å². The molecule has 0 radical (unpaired) electrons. The van der Waals surface area contributed by atoms with Gasteiger partial charge in [-0.1, -0.05) is 55.8 Å². The molecule has 0 saturated heterocycles. The van der Waals surface area contributed by atoms with Crippen molar-refractivity contribution in [2.45, 2.75) is 44.6 Å². The molecule has 1 aliphatic rings. The second-order valence-electron chi connectivity index (χ2n) is 6.17. The molecule has 0 amide bonds. The monoisotopic (exact) mass is 282 g/mol. The van der Waals surface area contributed by atoms with Crippen LogP contribution in [-0.4, -0.2) is 17.0 Å². The van der Waals surface area contributed by atoms with Crippen LogP contribution < -0.4 is 0 Å². The fraction of sp³-hybridized carbons (Fsp3) is 0.421. The van der Waals surface area contributed by atoms with E-state index in [2.05, 4.69) is 24.3 Å². The van der Waals surface area contributed by atoms with E-state index in [4.69, 9.17) is 0 Å². The van der Waals surface area contributed by atoms with E-state index in [1.807, 2.05) is 25.1 Å². The molecule has 110 valence electrons. The van der Waals surface area contributed by atoms with Crippen LogP contribution in [0.5, 0.6) is 0 Å². The topological polar surface area (TPSA) is 37.3 Å². The summed E-state index contributed by atoms with van der Waals surface area (Å²) in [5.74, 6) is 0.0247. The minimum Gasteiger partial charge on any atom is -0.392 e. The van der Waals surface area contributed by atoms with E-state index in [-0.39, 0.29) is 17.6 Å². The first-order chi connectivity index (χ1) is 10.2. The summed E-state index contributed by atoms with van der Waals surface area (Å²) in [4.78, 5) is 12.1. The predicted molar refractivity (Wildman–Crippen MR) is 85.3 cm³/mol. The molecule has 3 unspecified atom stereocenters. The molecule has 1 fully saturated rings. The molecule has 1 aliphatic carbocycles. The molecule has 0 spiro atoms. The normalized spacial score (nSPS) is 22.2. The predicted octanol–water partition coefficient (Wildman–Crippen LogP) is 4.06. The minimum absolute atomic E-state index is 0.0249. The number of carbonyl (C=O) groups is 1. The van der Waals surface area contributed by atoms with Crippen LogP contribution in [0.15, 0.2) is 42.5 Å². The molecule has 3 rings (SSSR count). The molecule has 0 bridgehead atoms. The van der Waals surface area contributed by atoms with E-state index in [9.17, 15) is 9.90 Å². The van der Waals surface area contributed by atoms with Crippen molar-refractivity contribution >= 4 is 16.6 Å². The lowest BCUT2D eigenvalue weighted by molar-refractivity contribution is -0.129. The van der Waals surface area contributed by atoms with Crippen molar-refractivity contribution in [1.82, 2.24) is 0 Å². The second-order valence-corrected chi connectivity index (χ2v) is 6.17. The highest BCUT2D eigenvalue weighted by Crippen LogP contribution is 2.34. The number of Topliss-reactive ketones (excluding diaryl/α,β-unsaturated/α-hetero) is 1. The number of carbonyl (C=O) groups excluding carboxylic acids is 1. The number of ketones is 1. The summed E-state index contributed by atoms with van der Waals surface area (Å²) in [6, 6.07) is 14.4. The van der Waals surface area contributed by atoms with Crippen molar-refractivity contribution in [3.8, 4) is 0 Å². The van der Waals surface area contributed by atoms with Crippen LogP contribution in [0, 0.1) is 5.92 Å². The van der Waals surface area contributed by atoms with Crippen LogP contribution in [0.2, 0.25) is 0 Å². The maximum absolute atomic E-state index is 12.1. The highest BCUT2D eigenvalue weighted by atomic mass is 16.3. The molecule has 1 saturated carbocycles. The van der Waals surface area contributed by atoms with Crippen molar-refractivity contribution in [2.75, 3.05) is 0 Å². The van der Waals surface area contributed by atoms with Crippen molar-refractivity contribution in [3.05, 3.63) is 48.0 Å². The molecule has 2 nitrogen and oxygen atoms in total. The molecular weight excluding hydrogens is 260 g/mol. The lowest BCUT2D eigenvalue weighted by Gasteiger charge is -2.30. The molecule has 3 atom stereocenters. The Bertz CT molecular complexity index is 642. The van der Waals surface area contributed by atoms with Gasteiger partial charge in [0.15, 0.2) is 0 Å². The summed E-state index contributed by atoms with van der Waals surface area (Å²) in [6.45, 7) is 2.04. The van der Waals surface area contributed by atoms with Gasteiger partial charge in [-0.15, -0.1) is 0 Å². The van der Waals surface area contributed by atoms with Crippen molar-refractivity contribution in [1.29, 1.82) is 0 Å². The summed E-state index contributed by atoms with van der Waals surface area (Å²) in [7, 11) is 0. The minimum atomic E-state index is -0.580. The molecule has 0 aromatic heterocycles. The summed E-state index contributed by atoms with van der Waals surface area (Å²) in [5.41, 5.74) is 1.14. The zero-order chi connectivity index (χ0) is 14.8. The van der Waals surface area contributed by atoms with Crippen LogP contribution >= 0.6 is 0 Å². The van der Waals surface area contributed by atoms with Crippen LogP contribution in [-0.2, 0) is 4.79 Å². The Morgan fingerprint density at radius 1 is 1.10 bits per heavy atom. The smallest absolute Gasteiger partial charge is 0.138 e. The first-order valence-corrected chi connectivity index (χ1v) is 7.87. The maximum atomic E-state index is 12.1. The number of fused-ring (bicyclic) bond motifs is 1. The molecule has 2 heteroatoms. The van der Waals surface area contributed by atoms with Gasteiger partial charge in [0.25, 0.3) is 0 Å². The van der Waals surface area contributed by atoms with E-state index in [1.165, 1.54) is 10.8 Å². The zero-order valence-corrected chi connectivity index (χ0v) is 12.5. The van der Waals surface area contributed by atoms with Gasteiger partial charge in [0, 0.05) is 18.3 Å². The number of benzene rings is 2. The van der Waals surface area contributed by atoms with Crippen molar-refractivity contribution in [2.24, 2.45) is 5.92 Å². The third kappa shape index (κ3) is 2.73. The molecule has 0 aliphatic heterocycles. The van der Waals surface area contributed by atoms with Gasteiger partial charge >= 0.3 is 0 Å². The third-order valence-corrected chi connectivity index (χ3v) is 4.84. The number of rotatable bonds is 3. The quantitative estimate of drug-likeness (QED) is 0.921. The Labute approximate surface area is 125 Å². The summed E-state index contributed by atoms with van der Waals surface area (Å²) in [5, 5.41) is 13.1. The molecule has 1 N–H and O–H groups in total. The average Bonchev–Trinajstić information content (AvgIpc) is 2.53. The lowest BCUT2D eigenvalue weighted by Crippen LogP contribution is -2.34. The second kappa shape index (κ2) is 5.98. The Hall–Kier alpha value is -1.67. The lowest BCUT2D eigenvalue weighted by atomic mass is 9.77. The highest BCUT2D eigenvalue weighted by molar-refractivity contribution is 5.86. The van der Waals surface area contributed by atoms with Crippen LogP contribution in [0.1, 0.15) is 44.1 Å². The Kier molecular flexibility index (Phi) is 4.07. The van der Waals surface area contributed by atoms with Crippen LogP contribution in [0.25, 0.3) is 10.8 Å². The van der Waals surface area contributed by atoms with Gasteiger partial charge in [-0.05, 0) is 29.2 Å². The number of aliphatic hydroxyl groups is 1. The Morgan fingerprint density at radius 3 is 2.67 bits per heavy atom. The maximum Gasteiger partial charge on any atom is 0.138 e. The number of hydrogen-bond acceptors (Lipinski definition) is 2. The van der Waals surface area contributed by atoms with Gasteiger partial charge in [0.05, 0.1) is 6.10 Å². The van der Waals surface area contributed by atoms with Gasteiger partial charge in [0.2, 0.25) is 0 Å². The van der Waals surface area contributed by atoms with Crippen molar-refractivity contribution in [3.63, 3.8) is 0 Å². The first-order valence-electron chi connectivity index (χ1n) is 7.87. The molecular formula is C19H22O2.